The molecule has 0 radical (unpaired) electrons. The van der Waals surface area contributed by atoms with E-state index in [4.69, 9.17) is 4.74 Å². The Bertz CT molecular complexity index is 683. The molecule has 22 heavy (non-hydrogen) atoms. The Balaban J connectivity index is 1.62. The molecule has 6 nitrogen and oxygen atoms in total. The predicted octanol–water partition coefficient (Wildman–Crippen LogP) is 2.93. The first-order valence-corrected chi connectivity index (χ1v) is 7.34. The predicted molar refractivity (Wildman–Crippen MR) is 82.7 cm³/mol. The van der Waals surface area contributed by atoms with Crippen LogP contribution in [-0.2, 0) is 4.74 Å². The van der Waals surface area contributed by atoms with Gasteiger partial charge in [0.25, 0.3) is 5.56 Å². The van der Waals surface area contributed by atoms with Gasteiger partial charge in [-0.15, -0.1) is 0 Å². The van der Waals surface area contributed by atoms with Crippen LogP contribution in [-0.4, -0.2) is 22.4 Å². The first-order valence-electron chi connectivity index (χ1n) is 7.34. The standard InChI is InChI=1S/C16H17N3O3/c20-15-10-9-14(18-19-15)11-5-7-12(8-6-11)17-16(21)22-13-3-1-2-4-13/h5-10,13H,1-4H2,(H,17,21)(H,19,20). The van der Waals surface area contributed by atoms with Crippen molar-refractivity contribution in [2.75, 3.05) is 5.32 Å². The van der Waals surface area contributed by atoms with Crippen LogP contribution in [0.3, 0.4) is 0 Å². The quantitative estimate of drug-likeness (QED) is 0.912. The zero-order valence-corrected chi connectivity index (χ0v) is 12.0. The molecule has 1 aromatic heterocycles. The number of carbonyl (C=O) groups excluding carboxylic acids is 1. The molecule has 0 unspecified atom stereocenters. The van der Waals surface area contributed by atoms with Crippen molar-refractivity contribution in [3.8, 4) is 11.3 Å². The largest absolute Gasteiger partial charge is 0.446 e. The van der Waals surface area contributed by atoms with E-state index in [1.54, 1.807) is 18.2 Å². The Labute approximate surface area is 127 Å². The van der Waals surface area contributed by atoms with Crippen LogP contribution in [0.5, 0.6) is 0 Å². The lowest BCUT2D eigenvalue weighted by molar-refractivity contribution is 0.114. The lowest BCUT2D eigenvalue weighted by Crippen LogP contribution is -2.20. The van der Waals surface area contributed by atoms with E-state index in [1.807, 2.05) is 12.1 Å². The molecule has 1 saturated carbocycles. The molecule has 1 aliphatic carbocycles. The van der Waals surface area contributed by atoms with Gasteiger partial charge in [0, 0.05) is 17.3 Å². The lowest BCUT2D eigenvalue weighted by Gasteiger charge is -2.12. The number of hydrogen-bond acceptors (Lipinski definition) is 4. The fraction of sp³-hybridized carbons (Fsp3) is 0.312. The number of ether oxygens (including phenoxy) is 1. The molecule has 1 aromatic carbocycles. The normalized spacial score (nSPS) is 14.7. The zero-order chi connectivity index (χ0) is 15.4. The highest BCUT2D eigenvalue weighted by molar-refractivity contribution is 5.85. The summed E-state index contributed by atoms with van der Waals surface area (Å²) >= 11 is 0. The van der Waals surface area contributed by atoms with Gasteiger partial charge in [0.15, 0.2) is 0 Å². The van der Waals surface area contributed by atoms with E-state index in [0.29, 0.717) is 11.4 Å². The molecule has 3 rings (SSSR count). The number of amides is 1. The number of anilines is 1. The van der Waals surface area contributed by atoms with Crippen molar-refractivity contribution in [3.63, 3.8) is 0 Å². The maximum Gasteiger partial charge on any atom is 0.411 e. The number of H-pyrrole nitrogens is 1. The highest BCUT2D eigenvalue weighted by Gasteiger charge is 2.19. The van der Waals surface area contributed by atoms with E-state index in [2.05, 4.69) is 15.5 Å². The van der Waals surface area contributed by atoms with E-state index >= 15 is 0 Å². The van der Waals surface area contributed by atoms with Gasteiger partial charge in [-0.3, -0.25) is 10.1 Å². The number of hydrogen-bond donors (Lipinski definition) is 2. The number of rotatable bonds is 3. The average Bonchev–Trinajstić information content (AvgIpc) is 3.02. The summed E-state index contributed by atoms with van der Waals surface area (Å²) in [5.41, 5.74) is 1.94. The summed E-state index contributed by atoms with van der Waals surface area (Å²) in [7, 11) is 0. The minimum absolute atomic E-state index is 0.0459. The van der Waals surface area contributed by atoms with Crippen LogP contribution in [0.25, 0.3) is 11.3 Å². The van der Waals surface area contributed by atoms with Crippen molar-refractivity contribution in [1.82, 2.24) is 10.2 Å². The molecule has 114 valence electrons. The second-order valence-electron chi connectivity index (χ2n) is 5.32. The van der Waals surface area contributed by atoms with E-state index in [9.17, 15) is 9.59 Å². The third-order valence-corrected chi connectivity index (χ3v) is 3.68. The second kappa shape index (κ2) is 6.43. The molecule has 2 aromatic rings. The van der Waals surface area contributed by atoms with Crippen molar-refractivity contribution in [2.24, 2.45) is 0 Å². The van der Waals surface area contributed by atoms with Gasteiger partial charge in [0.1, 0.15) is 6.10 Å². The molecule has 0 spiro atoms. The summed E-state index contributed by atoms with van der Waals surface area (Å²) in [6.45, 7) is 0. The molecule has 1 amide bonds. The van der Waals surface area contributed by atoms with Crippen LogP contribution in [0, 0.1) is 0 Å². The molecular formula is C16H17N3O3. The van der Waals surface area contributed by atoms with Gasteiger partial charge >= 0.3 is 6.09 Å². The van der Waals surface area contributed by atoms with Crippen LogP contribution in [0.1, 0.15) is 25.7 Å². The Morgan fingerprint density at radius 3 is 2.50 bits per heavy atom. The van der Waals surface area contributed by atoms with Crippen molar-refractivity contribution in [3.05, 3.63) is 46.8 Å². The van der Waals surface area contributed by atoms with Gasteiger partial charge in [0.2, 0.25) is 0 Å². The van der Waals surface area contributed by atoms with Crippen LogP contribution in [0.15, 0.2) is 41.2 Å². The number of carbonyl (C=O) groups is 1. The molecule has 0 saturated heterocycles. The van der Waals surface area contributed by atoms with Gasteiger partial charge in [-0.25, -0.2) is 9.89 Å². The number of aromatic amines is 1. The first-order chi connectivity index (χ1) is 10.7. The smallest absolute Gasteiger partial charge is 0.411 e. The van der Waals surface area contributed by atoms with E-state index in [1.165, 1.54) is 6.07 Å². The number of nitrogens with one attached hydrogen (secondary N) is 2. The van der Waals surface area contributed by atoms with E-state index in [0.717, 1.165) is 31.2 Å². The van der Waals surface area contributed by atoms with Crippen molar-refractivity contribution in [1.29, 1.82) is 0 Å². The van der Waals surface area contributed by atoms with Gasteiger partial charge in [-0.1, -0.05) is 12.1 Å². The number of aromatic nitrogens is 2. The Hall–Kier alpha value is -2.63. The summed E-state index contributed by atoms with van der Waals surface area (Å²) in [5, 5.41) is 9.07. The molecular weight excluding hydrogens is 282 g/mol. The fourth-order valence-corrected chi connectivity index (χ4v) is 2.53. The SMILES string of the molecule is O=C(Nc1ccc(-c2ccc(=O)[nH]n2)cc1)OC1CCCC1. The lowest BCUT2D eigenvalue weighted by atomic mass is 10.1. The van der Waals surface area contributed by atoms with Crippen molar-refractivity contribution in [2.45, 2.75) is 31.8 Å². The minimum Gasteiger partial charge on any atom is -0.446 e. The third kappa shape index (κ3) is 3.52. The fourth-order valence-electron chi connectivity index (χ4n) is 2.53. The maximum atomic E-state index is 11.8. The number of nitrogens with zero attached hydrogens (tertiary/aromatic N) is 1. The average molecular weight is 299 g/mol. The van der Waals surface area contributed by atoms with Gasteiger partial charge < -0.3 is 4.74 Å². The molecule has 2 N–H and O–H groups in total. The van der Waals surface area contributed by atoms with Crippen LogP contribution < -0.4 is 10.9 Å². The zero-order valence-electron chi connectivity index (χ0n) is 12.0. The summed E-state index contributed by atoms with van der Waals surface area (Å²) < 4.78 is 5.34. The third-order valence-electron chi connectivity index (χ3n) is 3.68. The van der Waals surface area contributed by atoms with Crippen LogP contribution in [0.2, 0.25) is 0 Å². The van der Waals surface area contributed by atoms with Gasteiger partial charge in [-0.2, -0.15) is 5.10 Å². The molecule has 0 bridgehead atoms. The molecule has 6 heteroatoms. The van der Waals surface area contributed by atoms with Crippen LogP contribution >= 0.6 is 0 Å². The first kappa shape index (κ1) is 14.3. The van der Waals surface area contributed by atoms with Crippen molar-refractivity contribution < 1.29 is 9.53 Å². The molecule has 1 fully saturated rings. The van der Waals surface area contributed by atoms with Gasteiger partial charge in [-0.05, 0) is 43.9 Å². The van der Waals surface area contributed by atoms with Crippen LogP contribution in [0.4, 0.5) is 10.5 Å². The Morgan fingerprint density at radius 1 is 1.14 bits per heavy atom. The highest BCUT2D eigenvalue weighted by atomic mass is 16.6. The Morgan fingerprint density at radius 2 is 1.86 bits per heavy atom. The molecule has 0 aliphatic heterocycles. The second-order valence-corrected chi connectivity index (χ2v) is 5.32. The maximum absolute atomic E-state index is 11.8. The summed E-state index contributed by atoms with van der Waals surface area (Å²) in [4.78, 5) is 22.8. The van der Waals surface area contributed by atoms with Gasteiger partial charge in [0.05, 0.1) is 5.69 Å². The summed E-state index contributed by atoms with van der Waals surface area (Å²) in [5.74, 6) is 0. The summed E-state index contributed by atoms with van der Waals surface area (Å²) in [6.07, 6.45) is 3.78. The summed E-state index contributed by atoms with van der Waals surface area (Å²) in [6, 6.07) is 10.3. The number of benzene rings is 1. The monoisotopic (exact) mass is 299 g/mol. The minimum atomic E-state index is -0.415. The Kier molecular flexibility index (Phi) is 4.18. The van der Waals surface area contributed by atoms with E-state index < -0.39 is 6.09 Å². The molecule has 0 atom stereocenters. The molecule has 1 heterocycles. The molecule has 1 aliphatic rings. The van der Waals surface area contributed by atoms with E-state index in [-0.39, 0.29) is 11.7 Å². The highest BCUT2D eigenvalue weighted by Crippen LogP contribution is 2.22. The topological polar surface area (TPSA) is 84.1 Å². The van der Waals surface area contributed by atoms with Crippen molar-refractivity contribution >= 4 is 11.8 Å².